The van der Waals surface area contributed by atoms with E-state index in [1.165, 1.54) is 0 Å². The predicted molar refractivity (Wildman–Crippen MR) is 49.6 cm³/mol. The molecule has 0 saturated carbocycles. The molecule has 4 nitrogen and oxygen atoms in total. The number of carboxylic acid groups (broad SMARTS) is 1. The lowest BCUT2D eigenvalue weighted by atomic mass is 10.2. The fourth-order valence-electron chi connectivity index (χ4n) is 0.610. The van der Waals surface area contributed by atoms with E-state index >= 15 is 0 Å². The second kappa shape index (κ2) is 3.74. The monoisotopic (exact) mass is 198 g/mol. The van der Waals surface area contributed by atoms with Crippen molar-refractivity contribution in [3.63, 3.8) is 0 Å². The van der Waals surface area contributed by atoms with Crippen LogP contribution in [-0.2, 0) is 4.79 Å². The number of hydrogen-bond donors (Lipinski definition) is 1. The Morgan fingerprint density at radius 2 is 2.00 bits per heavy atom. The average Bonchev–Trinajstić information content (AvgIpc) is 2.05. The number of carboxylic acids is 1. The van der Waals surface area contributed by atoms with Crippen molar-refractivity contribution in [1.82, 2.24) is 9.97 Å². The van der Waals surface area contributed by atoms with Crippen LogP contribution >= 0.6 is 11.8 Å². The molecular weight excluding hydrogens is 188 g/mol. The van der Waals surface area contributed by atoms with E-state index in [0.29, 0.717) is 5.16 Å². The van der Waals surface area contributed by atoms with Gasteiger partial charge in [-0.05, 0) is 19.9 Å². The number of nitrogens with zero attached hydrogens (tertiary/aromatic N) is 2. The van der Waals surface area contributed by atoms with Gasteiger partial charge in [-0.3, -0.25) is 4.79 Å². The summed E-state index contributed by atoms with van der Waals surface area (Å²) in [6.45, 7) is 3.24. The number of aliphatic carboxylic acids is 1. The van der Waals surface area contributed by atoms with Crippen LogP contribution in [0, 0.1) is 0 Å². The molecule has 1 N–H and O–H groups in total. The van der Waals surface area contributed by atoms with Gasteiger partial charge in [-0.1, -0.05) is 11.8 Å². The Morgan fingerprint density at radius 1 is 1.46 bits per heavy atom. The Morgan fingerprint density at radius 3 is 2.46 bits per heavy atom. The van der Waals surface area contributed by atoms with E-state index in [9.17, 15) is 4.79 Å². The molecule has 1 aromatic rings. The summed E-state index contributed by atoms with van der Waals surface area (Å²) in [7, 11) is 0. The van der Waals surface area contributed by atoms with Crippen molar-refractivity contribution in [2.24, 2.45) is 0 Å². The van der Waals surface area contributed by atoms with E-state index in [4.69, 9.17) is 5.11 Å². The molecule has 0 unspecified atom stereocenters. The van der Waals surface area contributed by atoms with Crippen LogP contribution < -0.4 is 0 Å². The third-order valence-corrected chi connectivity index (χ3v) is 2.48. The number of thioether (sulfide) groups is 1. The van der Waals surface area contributed by atoms with Gasteiger partial charge >= 0.3 is 5.97 Å². The van der Waals surface area contributed by atoms with Crippen molar-refractivity contribution in [2.75, 3.05) is 0 Å². The third-order valence-electron chi connectivity index (χ3n) is 1.40. The summed E-state index contributed by atoms with van der Waals surface area (Å²) in [5, 5.41) is 9.31. The first kappa shape index (κ1) is 9.98. The molecule has 5 heteroatoms. The van der Waals surface area contributed by atoms with Crippen LogP contribution in [-0.4, -0.2) is 25.8 Å². The molecule has 0 atom stereocenters. The molecule has 0 aliphatic carbocycles. The van der Waals surface area contributed by atoms with Crippen LogP contribution in [0.2, 0.25) is 0 Å². The van der Waals surface area contributed by atoms with Crippen molar-refractivity contribution in [1.29, 1.82) is 0 Å². The molecule has 0 saturated heterocycles. The van der Waals surface area contributed by atoms with Gasteiger partial charge in [0.25, 0.3) is 0 Å². The van der Waals surface area contributed by atoms with E-state index in [-0.39, 0.29) is 0 Å². The molecule has 0 aromatic carbocycles. The molecule has 0 spiro atoms. The third kappa shape index (κ3) is 2.69. The van der Waals surface area contributed by atoms with Crippen molar-refractivity contribution in [3.05, 3.63) is 18.5 Å². The van der Waals surface area contributed by atoms with E-state index in [2.05, 4.69) is 9.97 Å². The van der Waals surface area contributed by atoms with Crippen molar-refractivity contribution < 1.29 is 9.90 Å². The van der Waals surface area contributed by atoms with E-state index in [1.54, 1.807) is 32.3 Å². The van der Waals surface area contributed by atoms with Crippen LogP contribution in [0.3, 0.4) is 0 Å². The normalized spacial score (nSPS) is 11.2. The highest BCUT2D eigenvalue weighted by Crippen LogP contribution is 2.29. The molecule has 0 radical (unpaired) electrons. The van der Waals surface area contributed by atoms with Gasteiger partial charge < -0.3 is 5.11 Å². The summed E-state index contributed by atoms with van der Waals surface area (Å²) >= 11 is 1.13. The van der Waals surface area contributed by atoms with E-state index < -0.39 is 10.7 Å². The molecule has 0 aliphatic heterocycles. The first-order chi connectivity index (χ1) is 6.02. The first-order valence-electron chi connectivity index (χ1n) is 3.72. The van der Waals surface area contributed by atoms with Gasteiger partial charge in [0.1, 0.15) is 4.75 Å². The van der Waals surface area contributed by atoms with Gasteiger partial charge in [0.05, 0.1) is 0 Å². The lowest BCUT2D eigenvalue weighted by molar-refractivity contribution is -0.138. The van der Waals surface area contributed by atoms with Gasteiger partial charge in [-0.25, -0.2) is 9.97 Å². The van der Waals surface area contributed by atoms with Crippen LogP contribution in [0.1, 0.15) is 13.8 Å². The molecule has 13 heavy (non-hydrogen) atoms. The summed E-state index contributed by atoms with van der Waals surface area (Å²) < 4.78 is -0.888. The fraction of sp³-hybridized carbons (Fsp3) is 0.375. The molecule has 0 fully saturated rings. The van der Waals surface area contributed by atoms with Crippen molar-refractivity contribution >= 4 is 17.7 Å². The van der Waals surface area contributed by atoms with Gasteiger partial charge in [0.15, 0.2) is 5.16 Å². The molecular formula is C8H10N2O2S. The summed E-state index contributed by atoms with van der Waals surface area (Å²) in [5.41, 5.74) is 0. The molecule has 1 aromatic heterocycles. The number of aromatic nitrogens is 2. The summed E-state index contributed by atoms with van der Waals surface area (Å²) in [6.07, 6.45) is 3.18. The molecule has 1 heterocycles. The van der Waals surface area contributed by atoms with E-state index in [0.717, 1.165) is 11.8 Å². The predicted octanol–water partition coefficient (Wildman–Crippen LogP) is 1.43. The van der Waals surface area contributed by atoms with Crippen LogP contribution in [0.25, 0.3) is 0 Å². The van der Waals surface area contributed by atoms with Crippen LogP contribution in [0.15, 0.2) is 23.6 Å². The second-order valence-corrected chi connectivity index (χ2v) is 4.54. The van der Waals surface area contributed by atoms with Crippen molar-refractivity contribution in [3.8, 4) is 0 Å². The van der Waals surface area contributed by atoms with Gasteiger partial charge in [-0.2, -0.15) is 0 Å². The average molecular weight is 198 g/mol. The maximum Gasteiger partial charge on any atom is 0.319 e. The molecule has 0 amide bonds. The van der Waals surface area contributed by atoms with Crippen molar-refractivity contribution in [2.45, 2.75) is 23.8 Å². The highest BCUT2D eigenvalue weighted by molar-refractivity contribution is 8.01. The molecule has 0 bridgehead atoms. The molecule has 70 valence electrons. The van der Waals surface area contributed by atoms with Crippen LogP contribution in [0.4, 0.5) is 0 Å². The van der Waals surface area contributed by atoms with Gasteiger partial charge in [0.2, 0.25) is 0 Å². The number of hydrogen-bond acceptors (Lipinski definition) is 4. The van der Waals surface area contributed by atoms with Crippen LogP contribution in [0.5, 0.6) is 0 Å². The highest BCUT2D eigenvalue weighted by atomic mass is 32.2. The minimum absolute atomic E-state index is 0.481. The SMILES string of the molecule is CC(C)(Sc1ncccn1)C(=O)O. The van der Waals surface area contributed by atoms with Gasteiger partial charge in [-0.15, -0.1) is 0 Å². The maximum atomic E-state index is 10.7. The maximum absolute atomic E-state index is 10.7. The first-order valence-corrected chi connectivity index (χ1v) is 4.53. The summed E-state index contributed by atoms with van der Waals surface area (Å²) in [5.74, 6) is -0.870. The summed E-state index contributed by atoms with van der Waals surface area (Å²) in [4.78, 5) is 18.6. The Hall–Kier alpha value is -1.10. The highest BCUT2D eigenvalue weighted by Gasteiger charge is 2.29. The zero-order valence-corrected chi connectivity index (χ0v) is 8.21. The smallest absolute Gasteiger partial charge is 0.319 e. The van der Waals surface area contributed by atoms with E-state index in [1.807, 2.05) is 0 Å². The number of rotatable bonds is 3. The summed E-state index contributed by atoms with van der Waals surface area (Å²) in [6, 6.07) is 1.69. The number of carbonyl (C=O) groups is 1. The Balaban J connectivity index is 2.75. The lowest BCUT2D eigenvalue weighted by Gasteiger charge is -2.16. The standard InChI is InChI=1S/C8H10N2O2S/c1-8(2,6(11)12)13-7-9-4-3-5-10-7/h3-5H,1-2H3,(H,11,12). The fourth-order valence-corrected chi connectivity index (χ4v) is 1.38. The minimum atomic E-state index is -0.888. The topological polar surface area (TPSA) is 63.1 Å². The quantitative estimate of drug-likeness (QED) is 0.588. The second-order valence-electron chi connectivity index (χ2n) is 2.95. The minimum Gasteiger partial charge on any atom is -0.480 e. The molecule has 0 aliphatic rings. The van der Waals surface area contributed by atoms with Gasteiger partial charge in [0, 0.05) is 12.4 Å². The largest absolute Gasteiger partial charge is 0.480 e. The molecule has 1 rings (SSSR count). The Kier molecular flexibility index (Phi) is 2.87. The zero-order chi connectivity index (χ0) is 9.90. The zero-order valence-electron chi connectivity index (χ0n) is 7.39. The Labute approximate surface area is 80.4 Å². The lowest BCUT2D eigenvalue weighted by Crippen LogP contribution is -2.27. The Bertz CT molecular complexity index is 300.